The summed E-state index contributed by atoms with van der Waals surface area (Å²) in [6.07, 6.45) is -0.985. The van der Waals surface area contributed by atoms with E-state index in [4.69, 9.17) is 20.9 Å². The fraction of sp³-hybridized carbons (Fsp3) is 0.611. The topological polar surface area (TPSA) is 164 Å². The lowest BCUT2D eigenvalue weighted by Gasteiger charge is -2.39. The molecule has 2 fully saturated rings. The number of ether oxygens (including phenoxy) is 2. The minimum Gasteiger partial charge on any atom is -0.449 e. The number of rotatable bonds is 6. The van der Waals surface area contributed by atoms with Crippen molar-refractivity contribution in [3.05, 3.63) is 22.5 Å². The van der Waals surface area contributed by atoms with E-state index in [0.29, 0.717) is 6.54 Å². The first kappa shape index (κ1) is 20.0. The molecule has 11 heteroatoms. The van der Waals surface area contributed by atoms with Crippen LogP contribution >= 0.6 is 0 Å². The van der Waals surface area contributed by atoms with E-state index in [9.17, 15) is 18.6 Å². The highest BCUT2D eigenvalue weighted by Crippen LogP contribution is 2.55. The zero-order valence-electron chi connectivity index (χ0n) is 16.4. The number of hydrogen-bond donors (Lipinski definition) is 3. The second kappa shape index (κ2) is 6.64. The maximum atomic E-state index is 13.4. The van der Waals surface area contributed by atoms with Crippen molar-refractivity contribution >= 4 is 28.5 Å². The normalized spacial score (nSPS) is 33.8. The van der Waals surface area contributed by atoms with E-state index in [-0.39, 0.29) is 52.2 Å². The van der Waals surface area contributed by atoms with Gasteiger partial charge in [0.2, 0.25) is 11.6 Å². The van der Waals surface area contributed by atoms with Crippen LogP contribution in [0, 0.1) is 5.92 Å². The number of nitrogens with one attached hydrogen (secondary N) is 1. The van der Waals surface area contributed by atoms with E-state index >= 15 is 0 Å². The van der Waals surface area contributed by atoms with Crippen LogP contribution in [0.5, 0.6) is 0 Å². The van der Waals surface area contributed by atoms with Gasteiger partial charge in [-0.05, 0) is 0 Å². The Morgan fingerprint density at radius 3 is 2.66 bits per heavy atom. The fourth-order valence-electron chi connectivity index (χ4n) is 4.69. The number of carbonyl (C=O) groups is 3. The summed E-state index contributed by atoms with van der Waals surface area (Å²) >= 11 is 0. The van der Waals surface area contributed by atoms with Crippen molar-refractivity contribution in [3.63, 3.8) is 0 Å². The van der Waals surface area contributed by atoms with Gasteiger partial charge in [-0.1, -0.05) is 13.8 Å². The Bertz CT molecular complexity index is 912. The summed E-state index contributed by atoms with van der Waals surface area (Å²) in [5, 5.41) is 3.09. The van der Waals surface area contributed by atoms with E-state index in [1.807, 2.05) is 0 Å². The third kappa shape index (κ3) is 2.67. The summed E-state index contributed by atoms with van der Waals surface area (Å²) in [4.78, 5) is 39.6. The van der Waals surface area contributed by atoms with Gasteiger partial charge in [-0.25, -0.2) is 4.79 Å². The smallest absolute Gasteiger partial charge is 0.404 e. The fourth-order valence-corrected chi connectivity index (χ4v) is 5.60. The third-order valence-corrected chi connectivity index (χ3v) is 7.77. The van der Waals surface area contributed by atoms with E-state index < -0.39 is 40.1 Å². The number of nitrogens with two attached hydrogens (primary N) is 2. The predicted molar refractivity (Wildman–Crippen MR) is 103 cm³/mol. The number of piperazine rings is 1. The number of methoxy groups -OCH3 is 1. The SMILES string of the molecule is CO[C@@]12[C@H](COC(N)=O)C3=C(C(=O)C(CS(=O)C(C)C)=C(N)C3=O)N1C[C@@H]1N[C@@H]12. The molecule has 2 saturated heterocycles. The Morgan fingerprint density at radius 1 is 1.38 bits per heavy atom. The van der Waals surface area contributed by atoms with Crippen LogP contribution in [0.15, 0.2) is 22.5 Å². The predicted octanol–water partition coefficient (Wildman–Crippen LogP) is -1.51. The lowest BCUT2D eigenvalue weighted by Crippen LogP contribution is -2.55. The standard InChI is InChI=1S/C18H24N4O6S/c1-7(2)29(26)6-8-12(19)15(24)11-9(5-28-17(20)25)18(27-3)16-10(21-16)4-22(18)13(11)14(8)23/h7,9-10,16,21H,4-6,19H2,1-3H3,(H2,20,25)/t9-,10+,16+,18-,29?/m1/s1. The van der Waals surface area contributed by atoms with Crippen LogP contribution in [-0.4, -0.2) is 75.8 Å². The highest BCUT2D eigenvalue weighted by atomic mass is 32.2. The Balaban J connectivity index is 1.78. The highest BCUT2D eigenvalue weighted by Gasteiger charge is 2.72. The number of amides is 1. The average Bonchev–Trinajstić information content (AvgIpc) is 3.27. The molecule has 0 spiro atoms. The molecular formula is C18H24N4O6S. The van der Waals surface area contributed by atoms with E-state index in [0.717, 1.165) is 0 Å². The molecule has 10 nitrogen and oxygen atoms in total. The molecule has 3 aliphatic heterocycles. The molecule has 158 valence electrons. The molecule has 5 atom stereocenters. The lowest BCUT2D eigenvalue weighted by atomic mass is 9.82. The van der Waals surface area contributed by atoms with Gasteiger partial charge in [0.15, 0.2) is 5.72 Å². The van der Waals surface area contributed by atoms with E-state index in [1.165, 1.54) is 7.11 Å². The van der Waals surface area contributed by atoms with Crippen molar-refractivity contribution in [2.24, 2.45) is 17.4 Å². The van der Waals surface area contributed by atoms with Gasteiger partial charge in [-0.2, -0.15) is 0 Å². The van der Waals surface area contributed by atoms with Crippen molar-refractivity contribution in [1.82, 2.24) is 10.2 Å². The Hall–Kier alpha value is -2.24. The van der Waals surface area contributed by atoms with Crippen LogP contribution in [0.3, 0.4) is 0 Å². The number of fused-ring (bicyclic) bond motifs is 4. The molecule has 4 aliphatic rings. The molecule has 0 bridgehead atoms. The van der Waals surface area contributed by atoms with Crippen molar-refractivity contribution in [2.75, 3.05) is 26.0 Å². The molecule has 5 N–H and O–H groups in total. The van der Waals surface area contributed by atoms with E-state index in [1.54, 1.807) is 18.7 Å². The monoisotopic (exact) mass is 424 g/mol. The van der Waals surface area contributed by atoms with Crippen molar-refractivity contribution in [2.45, 2.75) is 36.9 Å². The second-order valence-corrected chi connectivity index (χ2v) is 9.88. The minimum absolute atomic E-state index is 0.0655. The molecule has 0 aromatic rings. The molecular weight excluding hydrogens is 400 g/mol. The number of nitrogens with zero attached hydrogens (tertiary/aromatic N) is 1. The number of primary amides is 1. The summed E-state index contributed by atoms with van der Waals surface area (Å²) in [5.41, 5.74) is 10.4. The molecule has 1 unspecified atom stereocenters. The van der Waals surface area contributed by atoms with Gasteiger partial charge in [-0.15, -0.1) is 0 Å². The van der Waals surface area contributed by atoms with Crippen LogP contribution in [-0.2, 0) is 29.9 Å². The maximum absolute atomic E-state index is 13.4. The quantitative estimate of drug-likeness (QED) is 0.339. The van der Waals surface area contributed by atoms with Gasteiger partial charge in [0.1, 0.15) is 6.61 Å². The van der Waals surface area contributed by atoms with Crippen LogP contribution < -0.4 is 16.8 Å². The molecule has 3 heterocycles. The molecule has 0 aromatic carbocycles. The third-order valence-electron chi connectivity index (χ3n) is 6.14. The molecule has 1 amide bonds. The van der Waals surface area contributed by atoms with Crippen LogP contribution in [0.2, 0.25) is 0 Å². The van der Waals surface area contributed by atoms with Gasteiger partial charge >= 0.3 is 6.09 Å². The first-order valence-corrected chi connectivity index (χ1v) is 10.7. The van der Waals surface area contributed by atoms with Crippen molar-refractivity contribution in [3.8, 4) is 0 Å². The lowest BCUT2D eigenvalue weighted by molar-refractivity contribution is -0.137. The van der Waals surface area contributed by atoms with E-state index in [2.05, 4.69) is 5.32 Å². The number of Topliss-reactive ketones (excluding diaryl/α,β-unsaturated/α-hetero) is 2. The molecule has 0 radical (unpaired) electrons. The first-order chi connectivity index (χ1) is 13.6. The molecule has 0 aromatic heterocycles. The van der Waals surface area contributed by atoms with Gasteiger partial charge in [0.25, 0.3) is 0 Å². The molecule has 4 rings (SSSR count). The molecule has 1 aliphatic carbocycles. The van der Waals surface area contributed by atoms with Crippen LogP contribution in [0.25, 0.3) is 0 Å². The van der Waals surface area contributed by atoms with Gasteiger partial charge in [0, 0.05) is 46.9 Å². The first-order valence-electron chi connectivity index (χ1n) is 9.35. The molecule has 0 saturated carbocycles. The van der Waals surface area contributed by atoms with Crippen molar-refractivity contribution < 1.29 is 28.1 Å². The summed E-state index contributed by atoms with van der Waals surface area (Å²) in [5.74, 6) is -1.76. The zero-order valence-corrected chi connectivity index (χ0v) is 17.2. The highest BCUT2D eigenvalue weighted by molar-refractivity contribution is 7.85. The number of ketones is 2. The molecule has 29 heavy (non-hydrogen) atoms. The average molecular weight is 424 g/mol. The van der Waals surface area contributed by atoms with Crippen molar-refractivity contribution in [1.29, 1.82) is 0 Å². The second-order valence-electron chi connectivity index (χ2n) is 7.89. The maximum Gasteiger partial charge on any atom is 0.404 e. The van der Waals surface area contributed by atoms with Gasteiger partial charge in [-0.3, -0.25) is 13.8 Å². The zero-order chi connectivity index (χ0) is 21.2. The Morgan fingerprint density at radius 2 is 2.07 bits per heavy atom. The Labute approximate surface area is 170 Å². The number of allylic oxidation sites excluding steroid dienone is 2. The number of hydrogen-bond acceptors (Lipinski definition) is 9. The van der Waals surface area contributed by atoms with Gasteiger partial charge in [0.05, 0.1) is 29.1 Å². The summed E-state index contributed by atoms with van der Waals surface area (Å²) < 4.78 is 23.3. The summed E-state index contributed by atoms with van der Waals surface area (Å²) in [6.45, 7) is 3.79. The number of carbonyl (C=O) groups excluding carboxylic acids is 3. The summed E-state index contributed by atoms with van der Waals surface area (Å²) in [7, 11) is 0.142. The van der Waals surface area contributed by atoms with Gasteiger partial charge < -0.3 is 31.2 Å². The van der Waals surface area contributed by atoms with Crippen LogP contribution in [0.1, 0.15) is 13.8 Å². The minimum atomic E-state index is -1.35. The summed E-state index contributed by atoms with van der Waals surface area (Å²) in [6, 6.07) is -0.0332. The Kier molecular flexibility index (Phi) is 4.59. The largest absolute Gasteiger partial charge is 0.449 e. The van der Waals surface area contributed by atoms with Crippen LogP contribution in [0.4, 0.5) is 4.79 Å².